The molecule has 4 heterocycles. The number of hydrogen-bond acceptors (Lipinski definition) is 3. The highest BCUT2D eigenvalue weighted by atomic mass is 16.1. The fraction of sp³-hybridized carbons (Fsp3) is 0.611. The zero-order chi connectivity index (χ0) is 14.7. The van der Waals surface area contributed by atoms with E-state index in [4.69, 9.17) is 0 Å². The largest absolute Gasteiger partial charge is 0.298 e. The molecule has 0 aliphatic carbocycles. The van der Waals surface area contributed by atoms with Crippen LogP contribution in [0, 0.1) is 10.8 Å². The molecule has 0 unspecified atom stereocenters. The van der Waals surface area contributed by atoms with Crippen molar-refractivity contribution in [3.05, 3.63) is 35.9 Å². The standard InChI is InChI=1S/C18H24N2O/c1-3-17-10-19-12-18(4-2,16(17)21)13-20(11-17)15(19)14-8-6-5-7-9-14/h5-9,15H,3-4,10-13H2,1-2H3. The van der Waals surface area contributed by atoms with Crippen LogP contribution >= 0.6 is 0 Å². The number of piperidine rings is 2. The second kappa shape index (κ2) is 4.40. The summed E-state index contributed by atoms with van der Waals surface area (Å²) < 4.78 is 0. The topological polar surface area (TPSA) is 23.6 Å². The molecule has 4 aliphatic heterocycles. The molecular formula is C18H24N2O. The van der Waals surface area contributed by atoms with Gasteiger partial charge in [-0.3, -0.25) is 14.6 Å². The van der Waals surface area contributed by atoms with Crippen molar-refractivity contribution in [2.45, 2.75) is 32.9 Å². The SMILES string of the molecule is CCC12CN3CC(CC)(CN(C1)C3c1ccccc1)C2=O. The Morgan fingerprint density at radius 3 is 1.86 bits per heavy atom. The van der Waals surface area contributed by atoms with E-state index in [9.17, 15) is 4.79 Å². The fourth-order valence-electron chi connectivity index (χ4n) is 5.01. The van der Waals surface area contributed by atoms with E-state index in [0.29, 0.717) is 11.9 Å². The summed E-state index contributed by atoms with van der Waals surface area (Å²) in [6, 6.07) is 10.8. The van der Waals surface area contributed by atoms with Crippen molar-refractivity contribution >= 4 is 5.78 Å². The van der Waals surface area contributed by atoms with Gasteiger partial charge in [-0.15, -0.1) is 0 Å². The van der Waals surface area contributed by atoms with Crippen molar-refractivity contribution in [3.63, 3.8) is 0 Å². The predicted octanol–water partition coefficient (Wildman–Crippen LogP) is 2.69. The van der Waals surface area contributed by atoms with Gasteiger partial charge in [-0.1, -0.05) is 44.2 Å². The summed E-state index contributed by atoms with van der Waals surface area (Å²) in [5, 5.41) is 0. The van der Waals surface area contributed by atoms with E-state index < -0.39 is 0 Å². The van der Waals surface area contributed by atoms with Crippen molar-refractivity contribution in [3.8, 4) is 0 Å². The van der Waals surface area contributed by atoms with E-state index in [0.717, 1.165) is 39.0 Å². The highest BCUT2D eigenvalue weighted by molar-refractivity contribution is 5.93. The van der Waals surface area contributed by atoms with E-state index in [1.807, 2.05) is 0 Å². The number of carbonyl (C=O) groups excluding carboxylic acids is 1. The highest BCUT2D eigenvalue weighted by Crippen LogP contribution is 2.54. The lowest BCUT2D eigenvalue weighted by molar-refractivity contribution is -0.204. The first-order valence-corrected chi connectivity index (χ1v) is 8.22. The lowest BCUT2D eigenvalue weighted by Crippen LogP contribution is -2.76. The summed E-state index contributed by atoms with van der Waals surface area (Å²) >= 11 is 0. The zero-order valence-electron chi connectivity index (χ0n) is 13.0. The van der Waals surface area contributed by atoms with E-state index >= 15 is 0 Å². The Bertz CT molecular complexity index is 526. The van der Waals surface area contributed by atoms with Crippen LogP contribution in [0.2, 0.25) is 0 Å². The second-order valence-electron chi connectivity index (χ2n) is 7.19. The van der Waals surface area contributed by atoms with Crippen molar-refractivity contribution in [2.75, 3.05) is 26.2 Å². The summed E-state index contributed by atoms with van der Waals surface area (Å²) in [6.45, 7) is 8.16. The molecule has 21 heavy (non-hydrogen) atoms. The Kier molecular flexibility index (Phi) is 2.82. The van der Waals surface area contributed by atoms with Gasteiger partial charge in [0.25, 0.3) is 0 Å². The van der Waals surface area contributed by atoms with Crippen LogP contribution in [0.25, 0.3) is 0 Å². The molecule has 0 saturated carbocycles. The summed E-state index contributed by atoms with van der Waals surface area (Å²) in [5.41, 5.74) is 1.15. The molecule has 5 rings (SSSR count). The molecule has 0 aromatic heterocycles. The van der Waals surface area contributed by atoms with Gasteiger partial charge in [0.1, 0.15) is 5.78 Å². The van der Waals surface area contributed by atoms with Crippen LogP contribution in [0.15, 0.2) is 30.3 Å². The van der Waals surface area contributed by atoms with Gasteiger partial charge < -0.3 is 0 Å². The molecule has 0 spiro atoms. The predicted molar refractivity (Wildman–Crippen MR) is 82.8 cm³/mol. The first kappa shape index (κ1) is 13.5. The maximum absolute atomic E-state index is 13.1. The second-order valence-corrected chi connectivity index (χ2v) is 7.19. The van der Waals surface area contributed by atoms with Gasteiger partial charge in [-0.25, -0.2) is 0 Å². The van der Waals surface area contributed by atoms with E-state index in [-0.39, 0.29) is 10.8 Å². The van der Waals surface area contributed by atoms with Gasteiger partial charge in [0.15, 0.2) is 0 Å². The number of carbonyl (C=O) groups is 1. The van der Waals surface area contributed by atoms with Crippen LogP contribution in [0.3, 0.4) is 0 Å². The van der Waals surface area contributed by atoms with Crippen molar-refractivity contribution in [2.24, 2.45) is 10.8 Å². The Morgan fingerprint density at radius 2 is 1.43 bits per heavy atom. The van der Waals surface area contributed by atoms with Crippen molar-refractivity contribution < 1.29 is 4.79 Å². The first-order chi connectivity index (χ1) is 10.1. The molecule has 4 bridgehead atoms. The Labute approximate surface area is 126 Å². The number of ketones is 1. The number of Topliss-reactive ketones (excluding diaryl/α,β-unsaturated/α-hetero) is 1. The lowest BCUT2D eigenvalue weighted by atomic mass is 9.58. The van der Waals surface area contributed by atoms with E-state index in [1.165, 1.54) is 5.56 Å². The lowest BCUT2D eigenvalue weighted by Gasteiger charge is -2.66. The number of hydrogen-bond donors (Lipinski definition) is 0. The Hall–Kier alpha value is -1.19. The molecule has 4 fully saturated rings. The van der Waals surface area contributed by atoms with Gasteiger partial charge in [0, 0.05) is 26.2 Å². The molecule has 0 atom stereocenters. The summed E-state index contributed by atoms with van der Waals surface area (Å²) in [6.07, 6.45) is 2.32. The maximum atomic E-state index is 13.1. The van der Waals surface area contributed by atoms with Crippen LogP contribution < -0.4 is 0 Å². The van der Waals surface area contributed by atoms with Crippen LogP contribution in [0.4, 0.5) is 0 Å². The molecule has 1 aromatic carbocycles. The Balaban J connectivity index is 1.76. The summed E-state index contributed by atoms with van der Waals surface area (Å²) in [5.74, 6) is 0.555. The van der Waals surface area contributed by atoms with Gasteiger partial charge >= 0.3 is 0 Å². The average molecular weight is 284 g/mol. The molecule has 3 heteroatoms. The normalized spacial score (nSPS) is 44.3. The molecule has 0 radical (unpaired) electrons. The number of benzene rings is 1. The van der Waals surface area contributed by atoms with Gasteiger partial charge in [0.05, 0.1) is 17.0 Å². The Morgan fingerprint density at radius 1 is 0.952 bits per heavy atom. The third-order valence-corrected chi connectivity index (χ3v) is 6.13. The van der Waals surface area contributed by atoms with Gasteiger partial charge in [-0.2, -0.15) is 0 Å². The minimum Gasteiger partial charge on any atom is -0.298 e. The third-order valence-electron chi connectivity index (χ3n) is 6.13. The summed E-state index contributed by atoms with van der Waals surface area (Å²) in [4.78, 5) is 18.2. The van der Waals surface area contributed by atoms with Crippen LogP contribution in [-0.4, -0.2) is 41.8 Å². The third kappa shape index (κ3) is 1.65. The molecule has 112 valence electrons. The van der Waals surface area contributed by atoms with Gasteiger partial charge in [-0.05, 0) is 18.4 Å². The summed E-state index contributed by atoms with van der Waals surface area (Å²) in [7, 11) is 0. The molecule has 0 N–H and O–H groups in total. The zero-order valence-corrected chi connectivity index (χ0v) is 13.0. The van der Waals surface area contributed by atoms with Crippen molar-refractivity contribution in [1.82, 2.24) is 9.80 Å². The molecule has 4 aliphatic rings. The van der Waals surface area contributed by atoms with E-state index in [1.54, 1.807) is 0 Å². The molecular weight excluding hydrogens is 260 g/mol. The molecule has 3 nitrogen and oxygen atoms in total. The number of nitrogens with zero attached hydrogens (tertiary/aromatic N) is 2. The fourth-order valence-corrected chi connectivity index (χ4v) is 5.01. The van der Waals surface area contributed by atoms with Crippen LogP contribution in [0.1, 0.15) is 38.4 Å². The smallest absolute Gasteiger partial charge is 0.150 e. The minimum atomic E-state index is -0.113. The maximum Gasteiger partial charge on any atom is 0.150 e. The van der Waals surface area contributed by atoms with E-state index in [2.05, 4.69) is 54.0 Å². The van der Waals surface area contributed by atoms with Crippen LogP contribution in [-0.2, 0) is 4.79 Å². The number of rotatable bonds is 3. The quantitative estimate of drug-likeness (QED) is 0.852. The van der Waals surface area contributed by atoms with Crippen molar-refractivity contribution in [1.29, 1.82) is 0 Å². The molecule has 1 aromatic rings. The monoisotopic (exact) mass is 284 g/mol. The minimum absolute atomic E-state index is 0.113. The average Bonchev–Trinajstić information content (AvgIpc) is 2.52. The molecule has 0 amide bonds. The highest BCUT2D eigenvalue weighted by Gasteiger charge is 2.64. The van der Waals surface area contributed by atoms with Crippen LogP contribution in [0.5, 0.6) is 0 Å². The first-order valence-electron chi connectivity index (χ1n) is 8.22. The van der Waals surface area contributed by atoms with Gasteiger partial charge in [0.2, 0.25) is 0 Å². The molecule has 4 saturated heterocycles.